The van der Waals surface area contributed by atoms with Crippen molar-refractivity contribution in [2.24, 2.45) is 23.7 Å². The molecule has 1 heterocycles. The first-order valence-electron chi connectivity index (χ1n) is 8.63. The van der Waals surface area contributed by atoms with Crippen LogP contribution in [0, 0.1) is 23.7 Å². The van der Waals surface area contributed by atoms with Crippen molar-refractivity contribution in [3.05, 3.63) is 35.4 Å². The zero-order chi connectivity index (χ0) is 18.6. The van der Waals surface area contributed by atoms with Crippen LogP contribution in [0.2, 0.25) is 0 Å². The molecular formula is C18H17F3N2O3. The Morgan fingerprint density at radius 1 is 0.923 bits per heavy atom. The fourth-order valence-electron chi connectivity index (χ4n) is 4.65. The summed E-state index contributed by atoms with van der Waals surface area (Å²) < 4.78 is 37.8. The van der Waals surface area contributed by atoms with Crippen LogP contribution in [0.3, 0.4) is 0 Å². The largest absolute Gasteiger partial charge is 0.416 e. The van der Waals surface area contributed by atoms with Crippen LogP contribution in [0.15, 0.2) is 24.3 Å². The van der Waals surface area contributed by atoms with Crippen LogP contribution in [0.25, 0.3) is 0 Å². The number of nitrogens with one attached hydrogen (secondary N) is 1. The number of carbonyl (C=O) groups is 3. The summed E-state index contributed by atoms with van der Waals surface area (Å²) in [5.74, 6) is -1.95. The van der Waals surface area contributed by atoms with Crippen LogP contribution < -0.4 is 5.43 Å². The van der Waals surface area contributed by atoms with Crippen molar-refractivity contribution in [2.45, 2.75) is 31.9 Å². The van der Waals surface area contributed by atoms with Gasteiger partial charge in [0.15, 0.2) is 0 Å². The number of halogens is 3. The van der Waals surface area contributed by atoms with Gasteiger partial charge in [0.2, 0.25) is 0 Å². The highest BCUT2D eigenvalue weighted by atomic mass is 19.4. The third-order valence-electron chi connectivity index (χ3n) is 5.92. The van der Waals surface area contributed by atoms with Gasteiger partial charge in [-0.3, -0.25) is 19.8 Å². The van der Waals surface area contributed by atoms with E-state index in [0.29, 0.717) is 0 Å². The molecular weight excluding hydrogens is 349 g/mol. The van der Waals surface area contributed by atoms with Crippen molar-refractivity contribution in [3.63, 3.8) is 0 Å². The Morgan fingerprint density at radius 2 is 1.38 bits per heavy atom. The second-order valence-corrected chi connectivity index (χ2v) is 7.25. The number of alkyl halides is 3. The maximum atomic E-state index is 12.6. The Balaban J connectivity index is 1.51. The molecule has 1 aliphatic heterocycles. The number of amides is 3. The fraction of sp³-hybridized carbons (Fsp3) is 0.500. The first kappa shape index (κ1) is 17.1. The molecule has 0 unspecified atom stereocenters. The Bertz CT molecular complexity index is 737. The lowest BCUT2D eigenvalue weighted by atomic mass is 9.59. The van der Waals surface area contributed by atoms with Gasteiger partial charge in [-0.15, -0.1) is 0 Å². The minimum Gasteiger partial charge on any atom is -0.272 e. The third-order valence-corrected chi connectivity index (χ3v) is 5.92. The molecule has 2 atom stereocenters. The maximum absolute atomic E-state index is 12.6. The maximum Gasteiger partial charge on any atom is 0.416 e. The summed E-state index contributed by atoms with van der Waals surface area (Å²) in [6.07, 6.45) is -0.807. The zero-order valence-electron chi connectivity index (χ0n) is 13.8. The lowest BCUT2D eigenvalue weighted by Crippen LogP contribution is -2.46. The van der Waals surface area contributed by atoms with Crippen LogP contribution in [-0.2, 0) is 15.8 Å². The highest BCUT2D eigenvalue weighted by Gasteiger charge is 2.58. The Labute approximate surface area is 147 Å². The van der Waals surface area contributed by atoms with Crippen molar-refractivity contribution >= 4 is 17.7 Å². The molecule has 0 radical (unpaired) electrons. The normalized spacial score (nSPS) is 30.5. The number of hydrazine groups is 1. The number of hydrogen-bond acceptors (Lipinski definition) is 3. The molecule has 1 aromatic carbocycles. The number of benzene rings is 1. The number of imide groups is 1. The van der Waals surface area contributed by atoms with Gasteiger partial charge in [0.25, 0.3) is 17.7 Å². The van der Waals surface area contributed by atoms with Gasteiger partial charge in [-0.2, -0.15) is 18.2 Å². The highest BCUT2D eigenvalue weighted by Crippen LogP contribution is 2.52. The molecule has 1 aromatic rings. The van der Waals surface area contributed by atoms with Gasteiger partial charge in [0.1, 0.15) is 0 Å². The zero-order valence-corrected chi connectivity index (χ0v) is 13.8. The molecule has 5 nitrogen and oxygen atoms in total. The first-order chi connectivity index (χ1) is 12.3. The van der Waals surface area contributed by atoms with Gasteiger partial charge in [-0.1, -0.05) is 0 Å². The van der Waals surface area contributed by atoms with Crippen molar-refractivity contribution in [2.75, 3.05) is 0 Å². The van der Waals surface area contributed by atoms with Crippen LogP contribution in [0.1, 0.15) is 41.6 Å². The molecule has 3 aliphatic carbocycles. The molecule has 26 heavy (non-hydrogen) atoms. The van der Waals surface area contributed by atoms with Gasteiger partial charge in [-0.05, 0) is 61.8 Å². The molecule has 3 amide bonds. The summed E-state index contributed by atoms with van der Waals surface area (Å²) >= 11 is 0. The summed E-state index contributed by atoms with van der Waals surface area (Å²) in [6, 6.07) is 3.64. The predicted octanol–water partition coefficient (Wildman–Crippen LogP) is 2.77. The monoisotopic (exact) mass is 366 g/mol. The lowest BCUT2D eigenvalue weighted by Gasteiger charge is -2.42. The van der Waals surface area contributed by atoms with E-state index in [1.807, 2.05) is 0 Å². The summed E-state index contributed by atoms with van der Waals surface area (Å²) in [5, 5.41) is 0.784. The van der Waals surface area contributed by atoms with Crippen LogP contribution >= 0.6 is 0 Å². The van der Waals surface area contributed by atoms with Crippen molar-refractivity contribution < 1.29 is 27.6 Å². The summed E-state index contributed by atoms with van der Waals surface area (Å²) in [4.78, 5) is 37.6. The van der Waals surface area contributed by atoms with E-state index < -0.39 is 29.5 Å². The first-order valence-corrected chi connectivity index (χ1v) is 8.63. The minimum absolute atomic E-state index is 0.0450. The third kappa shape index (κ3) is 2.59. The quantitative estimate of drug-likeness (QED) is 0.819. The van der Waals surface area contributed by atoms with Crippen molar-refractivity contribution in [1.29, 1.82) is 0 Å². The molecule has 1 saturated heterocycles. The second kappa shape index (κ2) is 5.82. The number of carbonyl (C=O) groups excluding carboxylic acids is 3. The fourth-order valence-corrected chi connectivity index (χ4v) is 4.65. The molecule has 0 aromatic heterocycles. The summed E-state index contributed by atoms with van der Waals surface area (Å²) in [5.41, 5.74) is 1.38. The van der Waals surface area contributed by atoms with E-state index in [1.54, 1.807) is 0 Å². The Morgan fingerprint density at radius 3 is 1.81 bits per heavy atom. The second-order valence-electron chi connectivity index (χ2n) is 7.25. The van der Waals surface area contributed by atoms with E-state index >= 15 is 0 Å². The topological polar surface area (TPSA) is 66.5 Å². The molecule has 5 rings (SSSR count). The molecule has 3 saturated carbocycles. The van der Waals surface area contributed by atoms with Gasteiger partial charge in [0, 0.05) is 5.56 Å². The van der Waals surface area contributed by atoms with Crippen molar-refractivity contribution in [1.82, 2.24) is 10.4 Å². The molecule has 1 N–H and O–H groups in total. The Hall–Kier alpha value is -2.38. The molecule has 0 spiro atoms. The van der Waals surface area contributed by atoms with Crippen molar-refractivity contribution in [3.8, 4) is 0 Å². The van der Waals surface area contributed by atoms with E-state index in [0.717, 1.165) is 55.0 Å². The molecule has 4 aliphatic rings. The van der Waals surface area contributed by atoms with Gasteiger partial charge in [-0.25, -0.2) is 0 Å². The average molecular weight is 366 g/mol. The van der Waals surface area contributed by atoms with E-state index in [9.17, 15) is 27.6 Å². The predicted molar refractivity (Wildman–Crippen MR) is 83.2 cm³/mol. The smallest absolute Gasteiger partial charge is 0.272 e. The van der Waals surface area contributed by atoms with E-state index in [2.05, 4.69) is 5.43 Å². The van der Waals surface area contributed by atoms with E-state index in [4.69, 9.17) is 0 Å². The molecule has 138 valence electrons. The lowest BCUT2D eigenvalue weighted by molar-refractivity contribution is -0.143. The average Bonchev–Trinajstić information content (AvgIpc) is 2.89. The van der Waals surface area contributed by atoms with Crippen LogP contribution in [0.5, 0.6) is 0 Å². The van der Waals surface area contributed by atoms with Gasteiger partial charge >= 0.3 is 6.18 Å². The number of fused-ring (bicyclic) bond motifs is 2. The van der Waals surface area contributed by atoms with E-state index in [1.165, 1.54) is 0 Å². The summed E-state index contributed by atoms with van der Waals surface area (Å²) in [6.45, 7) is 0. The molecule has 2 bridgehead atoms. The molecule has 4 fully saturated rings. The van der Waals surface area contributed by atoms with Crippen LogP contribution in [-0.4, -0.2) is 22.7 Å². The highest BCUT2D eigenvalue weighted by molar-refractivity contribution is 6.08. The standard InChI is InChI=1S/C18H17F3N2O3/c19-18(20,21)12-7-5-11(6-8-12)15(24)22-23-16(25)13-9-1-2-10(4-3-9)14(13)17(23)26/h5-10,13-14H,1-4H2,(H,22,24)/t9?,10?,13-,14+. The Kier molecular flexibility index (Phi) is 3.82. The van der Waals surface area contributed by atoms with E-state index in [-0.39, 0.29) is 29.2 Å². The summed E-state index contributed by atoms with van der Waals surface area (Å²) in [7, 11) is 0. The number of hydrogen-bond donors (Lipinski definition) is 1. The molecule has 8 heteroatoms. The SMILES string of the molecule is O=C(NN1C(=O)[C@@H]2C3CCC(CC3)[C@@H]2C1=O)c1ccc(C(F)(F)F)cc1. The van der Waals surface area contributed by atoms with Gasteiger partial charge in [0.05, 0.1) is 17.4 Å². The van der Waals surface area contributed by atoms with Crippen LogP contribution in [0.4, 0.5) is 13.2 Å². The number of nitrogens with zero attached hydrogens (tertiary/aromatic N) is 1. The minimum atomic E-state index is -4.50. The number of rotatable bonds is 2. The van der Waals surface area contributed by atoms with Gasteiger partial charge < -0.3 is 0 Å².